The second-order valence-corrected chi connectivity index (χ2v) is 3.42. The molecule has 0 aliphatic rings. The molecule has 0 saturated heterocycles. The Hall–Kier alpha value is -0.970. The highest BCUT2D eigenvalue weighted by atomic mass is 35.5. The van der Waals surface area contributed by atoms with Crippen molar-refractivity contribution in [2.45, 2.75) is 26.3 Å². The van der Waals surface area contributed by atoms with Crippen molar-refractivity contribution in [1.82, 2.24) is 9.78 Å². The molecule has 1 aromatic heterocycles. The lowest BCUT2D eigenvalue weighted by Crippen LogP contribution is -2.01. The molecule has 14 heavy (non-hydrogen) atoms. The van der Waals surface area contributed by atoms with Crippen molar-refractivity contribution in [3.8, 4) is 0 Å². The van der Waals surface area contributed by atoms with Crippen LogP contribution in [0.4, 0.5) is 8.78 Å². The van der Waals surface area contributed by atoms with E-state index in [9.17, 15) is 13.6 Å². The SMILES string of the molecule is CC(C)n1cc(C(=O)Cl)c(C(F)F)n1. The van der Waals surface area contributed by atoms with Gasteiger partial charge in [-0.25, -0.2) is 8.78 Å². The summed E-state index contributed by atoms with van der Waals surface area (Å²) in [6.45, 7) is 3.54. The quantitative estimate of drug-likeness (QED) is 0.737. The second kappa shape index (κ2) is 4.04. The van der Waals surface area contributed by atoms with Crippen molar-refractivity contribution in [2.24, 2.45) is 0 Å². The number of nitrogens with zero attached hydrogens (tertiary/aromatic N) is 2. The zero-order valence-corrected chi connectivity index (χ0v) is 8.42. The topological polar surface area (TPSA) is 34.9 Å². The maximum absolute atomic E-state index is 12.4. The van der Waals surface area contributed by atoms with Gasteiger partial charge in [-0.15, -0.1) is 0 Å². The molecule has 0 N–H and O–H groups in total. The fraction of sp³-hybridized carbons (Fsp3) is 0.500. The number of hydrogen-bond acceptors (Lipinski definition) is 2. The van der Waals surface area contributed by atoms with Gasteiger partial charge in [0.05, 0.1) is 5.56 Å². The predicted molar refractivity (Wildman–Crippen MR) is 47.8 cm³/mol. The first-order valence-corrected chi connectivity index (χ1v) is 4.38. The van der Waals surface area contributed by atoms with Gasteiger partial charge in [0.1, 0.15) is 5.69 Å². The second-order valence-electron chi connectivity index (χ2n) is 3.08. The first kappa shape index (κ1) is 11.1. The number of carbonyl (C=O) groups excluding carboxylic acids is 1. The van der Waals surface area contributed by atoms with Crippen molar-refractivity contribution in [1.29, 1.82) is 0 Å². The standard InChI is InChI=1S/C8H9ClF2N2O/c1-4(2)13-3-5(7(9)14)6(12-13)8(10)11/h3-4,8H,1-2H3. The molecule has 0 spiro atoms. The van der Waals surface area contributed by atoms with Crippen LogP contribution in [0.1, 0.15) is 42.4 Å². The molecular formula is C8H9ClF2N2O. The van der Waals surface area contributed by atoms with E-state index in [0.717, 1.165) is 0 Å². The van der Waals surface area contributed by atoms with Crippen LogP contribution >= 0.6 is 11.6 Å². The highest BCUT2D eigenvalue weighted by Crippen LogP contribution is 2.23. The lowest BCUT2D eigenvalue weighted by Gasteiger charge is -2.02. The van der Waals surface area contributed by atoms with Gasteiger partial charge in [0.15, 0.2) is 0 Å². The zero-order valence-electron chi connectivity index (χ0n) is 7.67. The first-order chi connectivity index (χ1) is 6.43. The summed E-state index contributed by atoms with van der Waals surface area (Å²) < 4.78 is 26.0. The predicted octanol–water partition coefficient (Wildman–Crippen LogP) is 2.78. The van der Waals surface area contributed by atoms with Crippen molar-refractivity contribution >= 4 is 16.8 Å². The Morgan fingerprint density at radius 3 is 2.43 bits per heavy atom. The van der Waals surface area contributed by atoms with Crippen LogP contribution in [0.2, 0.25) is 0 Å². The van der Waals surface area contributed by atoms with E-state index in [1.165, 1.54) is 10.9 Å². The van der Waals surface area contributed by atoms with E-state index in [-0.39, 0.29) is 11.6 Å². The summed E-state index contributed by atoms with van der Waals surface area (Å²) in [4.78, 5) is 10.8. The molecule has 0 saturated carbocycles. The lowest BCUT2D eigenvalue weighted by atomic mass is 10.3. The first-order valence-electron chi connectivity index (χ1n) is 4.00. The van der Waals surface area contributed by atoms with Gasteiger partial charge in [-0.1, -0.05) is 0 Å². The van der Waals surface area contributed by atoms with E-state index in [1.54, 1.807) is 13.8 Å². The maximum atomic E-state index is 12.4. The van der Waals surface area contributed by atoms with Crippen LogP contribution in [-0.2, 0) is 0 Å². The van der Waals surface area contributed by atoms with E-state index < -0.39 is 17.4 Å². The molecule has 0 bridgehead atoms. The van der Waals surface area contributed by atoms with E-state index in [1.807, 2.05) is 0 Å². The fourth-order valence-electron chi connectivity index (χ4n) is 0.983. The van der Waals surface area contributed by atoms with Crippen molar-refractivity contribution in [3.05, 3.63) is 17.5 Å². The van der Waals surface area contributed by atoms with Gasteiger partial charge in [-0.05, 0) is 25.4 Å². The maximum Gasteiger partial charge on any atom is 0.282 e. The molecule has 1 rings (SSSR count). The van der Waals surface area contributed by atoms with Crippen LogP contribution in [-0.4, -0.2) is 15.0 Å². The van der Waals surface area contributed by atoms with Gasteiger partial charge >= 0.3 is 0 Å². The van der Waals surface area contributed by atoms with Crippen LogP contribution in [0.25, 0.3) is 0 Å². The largest absolute Gasteiger partial charge is 0.282 e. The minimum absolute atomic E-state index is 0.0859. The molecule has 0 radical (unpaired) electrons. The number of carbonyl (C=O) groups is 1. The Bertz CT molecular complexity index is 349. The Kier molecular flexibility index (Phi) is 3.21. The summed E-state index contributed by atoms with van der Waals surface area (Å²) in [7, 11) is 0. The van der Waals surface area contributed by atoms with Crippen LogP contribution in [0.3, 0.4) is 0 Å². The van der Waals surface area contributed by atoms with E-state index >= 15 is 0 Å². The van der Waals surface area contributed by atoms with Crippen LogP contribution in [0.15, 0.2) is 6.20 Å². The molecule has 0 fully saturated rings. The summed E-state index contributed by atoms with van der Waals surface area (Å²) in [5.41, 5.74) is -0.783. The monoisotopic (exact) mass is 222 g/mol. The van der Waals surface area contributed by atoms with Crippen LogP contribution in [0, 0.1) is 0 Å². The average molecular weight is 223 g/mol. The molecule has 0 aliphatic heterocycles. The number of hydrogen-bond donors (Lipinski definition) is 0. The molecule has 0 aromatic carbocycles. The lowest BCUT2D eigenvalue weighted by molar-refractivity contribution is 0.106. The Labute approximate surface area is 84.7 Å². The van der Waals surface area contributed by atoms with Gasteiger partial charge in [-0.3, -0.25) is 9.48 Å². The van der Waals surface area contributed by atoms with Gasteiger partial charge in [0, 0.05) is 12.2 Å². The number of aromatic nitrogens is 2. The van der Waals surface area contributed by atoms with Gasteiger partial charge in [0.2, 0.25) is 0 Å². The van der Waals surface area contributed by atoms with E-state index in [2.05, 4.69) is 5.10 Å². The Balaban J connectivity index is 3.19. The molecule has 78 valence electrons. The average Bonchev–Trinajstić information content (AvgIpc) is 2.47. The van der Waals surface area contributed by atoms with Crippen molar-refractivity contribution < 1.29 is 13.6 Å². The number of rotatable bonds is 3. The molecular weight excluding hydrogens is 214 g/mol. The normalized spacial score (nSPS) is 11.4. The summed E-state index contributed by atoms with van der Waals surface area (Å²) in [6, 6.07) is -0.0859. The molecule has 1 heterocycles. The zero-order chi connectivity index (χ0) is 10.9. The van der Waals surface area contributed by atoms with Gasteiger partial charge in [0.25, 0.3) is 11.7 Å². The van der Waals surface area contributed by atoms with Gasteiger partial charge in [-0.2, -0.15) is 5.10 Å². The van der Waals surface area contributed by atoms with E-state index in [4.69, 9.17) is 11.6 Å². The summed E-state index contributed by atoms with van der Waals surface area (Å²) in [5.74, 6) is 0. The minimum atomic E-state index is -2.78. The molecule has 6 heteroatoms. The summed E-state index contributed by atoms with van der Waals surface area (Å²) in [5, 5.41) is 2.68. The third kappa shape index (κ3) is 2.09. The Morgan fingerprint density at radius 1 is 1.57 bits per heavy atom. The summed E-state index contributed by atoms with van der Waals surface area (Å²) in [6.07, 6.45) is -1.55. The molecule has 1 aromatic rings. The third-order valence-corrected chi connectivity index (χ3v) is 1.91. The Morgan fingerprint density at radius 2 is 2.14 bits per heavy atom. The van der Waals surface area contributed by atoms with Crippen molar-refractivity contribution in [3.63, 3.8) is 0 Å². The molecule has 0 aliphatic carbocycles. The minimum Gasteiger partial charge on any atom is -0.275 e. The third-order valence-electron chi connectivity index (χ3n) is 1.71. The molecule has 0 unspecified atom stereocenters. The van der Waals surface area contributed by atoms with Crippen molar-refractivity contribution in [2.75, 3.05) is 0 Å². The molecule has 0 amide bonds. The number of alkyl halides is 2. The highest BCUT2D eigenvalue weighted by Gasteiger charge is 2.22. The number of halogens is 3. The molecule has 3 nitrogen and oxygen atoms in total. The highest BCUT2D eigenvalue weighted by molar-refractivity contribution is 6.67. The smallest absolute Gasteiger partial charge is 0.275 e. The van der Waals surface area contributed by atoms with E-state index in [0.29, 0.717) is 0 Å². The summed E-state index contributed by atoms with van der Waals surface area (Å²) >= 11 is 5.14. The fourth-order valence-corrected chi connectivity index (χ4v) is 1.13. The van der Waals surface area contributed by atoms with Gasteiger partial charge < -0.3 is 0 Å². The van der Waals surface area contributed by atoms with Crippen LogP contribution < -0.4 is 0 Å². The van der Waals surface area contributed by atoms with Crippen LogP contribution in [0.5, 0.6) is 0 Å². The molecule has 0 atom stereocenters.